The molecule has 0 spiro atoms. The van der Waals surface area contributed by atoms with E-state index in [0.29, 0.717) is 0 Å². The van der Waals surface area contributed by atoms with Gasteiger partial charge >= 0.3 is 0 Å². The highest BCUT2D eigenvalue weighted by atomic mass is 31.2. The third kappa shape index (κ3) is 14200. The summed E-state index contributed by atoms with van der Waals surface area (Å²) in [5, 5.41) is 6.89. The molecule has 0 aromatic rings. The van der Waals surface area contributed by atoms with E-state index in [-0.39, 0.29) is 13.7 Å². The first-order valence-electron chi connectivity index (χ1n) is 2.28. The number of carbonyl (C=O) groups is 1. The first-order chi connectivity index (χ1) is 3.41. The van der Waals surface area contributed by atoms with Crippen molar-refractivity contribution < 1.29 is 9.90 Å². The van der Waals surface area contributed by atoms with Crippen LogP contribution < -0.4 is 0 Å². The summed E-state index contributed by atoms with van der Waals surface area (Å²) in [7, 11) is -0.389. The minimum Gasteiger partial charge on any atom is -0.483 e. The van der Waals surface area contributed by atoms with Gasteiger partial charge in [-0.25, -0.2) is 0 Å². The molecule has 0 aromatic carbocycles. The Labute approximate surface area is 51.2 Å². The molecular weight excluding hydrogens is 123 g/mol. The van der Waals surface area contributed by atoms with E-state index in [2.05, 4.69) is 26.7 Å². The molecule has 0 fully saturated rings. The molecule has 8 heavy (non-hydrogen) atoms. The Morgan fingerprint density at radius 1 is 1.25 bits per heavy atom. The van der Waals surface area contributed by atoms with Crippen LogP contribution in [0.25, 0.3) is 0 Å². The molecule has 0 bridgehead atoms. The van der Waals surface area contributed by atoms with Gasteiger partial charge in [-0.3, -0.25) is 4.79 Å². The molecule has 3 heteroatoms. The minimum absolute atomic E-state index is 0.250. The second-order valence-electron chi connectivity index (χ2n) is 2.79. The monoisotopic (exact) mass is 137 g/mol. The summed E-state index contributed by atoms with van der Waals surface area (Å²) < 4.78 is 0. The lowest BCUT2D eigenvalue weighted by atomic mass is 11.7. The van der Waals surface area contributed by atoms with Crippen molar-refractivity contribution in [3.8, 4) is 0 Å². The summed E-state index contributed by atoms with van der Waals surface area (Å²) in [6.07, 6.45) is 0. The van der Waals surface area contributed by atoms with Crippen molar-refractivity contribution in [2.75, 3.05) is 26.7 Å². The Balaban J connectivity index is 0. The highest BCUT2D eigenvalue weighted by Gasteiger charge is 2.03. The zero-order valence-electron chi connectivity index (χ0n) is 5.88. The van der Waals surface area contributed by atoms with Crippen molar-refractivity contribution in [1.29, 1.82) is 0 Å². The van der Waals surface area contributed by atoms with Gasteiger partial charge in [0.25, 0.3) is 6.47 Å². The molecule has 0 aliphatic heterocycles. The van der Waals surface area contributed by atoms with Crippen LogP contribution in [0.2, 0.25) is 0 Å². The van der Waals surface area contributed by atoms with Crippen LogP contribution in [-0.4, -0.2) is 38.2 Å². The second kappa shape index (κ2) is 5.04. The van der Waals surface area contributed by atoms with Crippen molar-refractivity contribution >= 4 is 13.7 Å². The molecule has 0 heterocycles. The standard InChI is InChI=1S/C4H12P.CH2O2/c1-5(2,3)4;2-1-3/h1-4H3;1H,(H,2,3)/q+1;. The van der Waals surface area contributed by atoms with E-state index in [1.165, 1.54) is 0 Å². The lowest BCUT2D eigenvalue weighted by Crippen LogP contribution is -1.74. The molecule has 2 nitrogen and oxygen atoms in total. The van der Waals surface area contributed by atoms with Crippen molar-refractivity contribution in [1.82, 2.24) is 0 Å². The molecule has 0 saturated heterocycles. The lowest BCUT2D eigenvalue weighted by Gasteiger charge is -1.97. The van der Waals surface area contributed by atoms with Gasteiger partial charge in [-0.1, -0.05) is 0 Å². The second-order valence-corrected chi connectivity index (χ2v) is 8.16. The number of carboxylic acid groups (broad SMARTS) is 1. The minimum atomic E-state index is -0.389. The van der Waals surface area contributed by atoms with Gasteiger partial charge in [-0.2, -0.15) is 0 Å². The largest absolute Gasteiger partial charge is 0.483 e. The average Bonchev–Trinajstić information content (AvgIpc) is 1.27. The van der Waals surface area contributed by atoms with Crippen LogP contribution in [0, 0.1) is 0 Å². The van der Waals surface area contributed by atoms with Crippen molar-refractivity contribution in [2.24, 2.45) is 0 Å². The summed E-state index contributed by atoms with van der Waals surface area (Å²) in [5.41, 5.74) is 0. The molecule has 0 aliphatic rings. The first kappa shape index (κ1) is 10.8. The van der Waals surface area contributed by atoms with Crippen LogP contribution in [0.3, 0.4) is 0 Å². The maximum Gasteiger partial charge on any atom is 0.290 e. The van der Waals surface area contributed by atoms with E-state index in [1.54, 1.807) is 0 Å². The highest BCUT2D eigenvalue weighted by molar-refractivity contribution is 7.72. The maximum absolute atomic E-state index is 8.36. The van der Waals surface area contributed by atoms with Crippen LogP contribution in [-0.2, 0) is 4.79 Å². The SMILES string of the molecule is C[P+](C)(C)C.O=CO. The summed E-state index contributed by atoms with van der Waals surface area (Å²) in [4.78, 5) is 8.36. The molecule has 0 amide bonds. The number of rotatable bonds is 0. The zero-order chi connectivity index (χ0) is 7.21. The third-order valence-electron chi connectivity index (χ3n) is 0. The Bertz CT molecular complexity index is 49.9. The van der Waals surface area contributed by atoms with Gasteiger partial charge in [0.15, 0.2) is 0 Å². The maximum atomic E-state index is 8.36. The highest BCUT2D eigenvalue weighted by Crippen LogP contribution is 2.40. The van der Waals surface area contributed by atoms with Crippen molar-refractivity contribution in [3.63, 3.8) is 0 Å². The Morgan fingerprint density at radius 3 is 1.25 bits per heavy atom. The number of hydrogen-bond donors (Lipinski definition) is 1. The smallest absolute Gasteiger partial charge is 0.290 e. The Morgan fingerprint density at radius 2 is 1.25 bits per heavy atom. The van der Waals surface area contributed by atoms with Gasteiger partial charge in [0.05, 0.1) is 0 Å². The Hall–Kier alpha value is -0.100. The van der Waals surface area contributed by atoms with Crippen LogP contribution in [0.15, 0.2) is 0 Å². The normalized spacial score (nSPS) is 9.00. The summed E-state index contributed by atoms with van der Waals surface area (Å²) in [6.45, 7) is 8.94. The predicted octanol–water partition coefficient (Wildman–Crippen LogP) is 1.22. The molecule has 50 valence electrons. The van der Waals surface area contributed by atoms with E-state index in [9.17, 15) is 0 Å². The molecule has 0 unspecified atom stereocenters. The fourth-order valence-electron chi connectivity index (χ4n) is 0. The van der Waals surface area contributed by atoms with Gasteiger partial charge in [0, 0.05) is 33.9 Å². The van der Waals surface area contributed by atoms with Crippen LogP contribution in [0.5, 0.6) is 0 Å². The number of hydrogen-bond acceptors (Lipinski definition) is 1. The van der Waals surface area contributed by atoms with Crippen LogP contribution in [0.1, 0.15) is 0 Å². The molecule has 1 N–H and O–H groups in total. The van der Waals surface area contributed by atoms with Gasteiger partial charge in [-0.15, -0.1) is 0 Å². The van der Waals surface area contributed by atoms with E-state index >= 15 is 0 Å². The molecule has 0 aliphatic carbocycles. The quantitative estimate of drug-likeness (QED) is 0.402. The Kier molecular flexibility index (Phi) is 6.81. The van der Waals surface area contributed by atoms with Gasteiger partial charge in [0.2, 0.25) is 0 Å². The van der Waals surface area contributed by atoms with Crippen molar-refractivity contribution in [3.05, 3.63) is 0 Å². The van der Waals surface area contributed by atoms with E-state index in [1.807, 2.05) is 0 Å². The topological polar surface area (TPSA) is 37.3 Å². The van der Waals surface area contributed by atoms with Gasteiger partial charge < -0.3 is 5.11 Å². The van der Waals surface area contributed by atoms with E-state index < -0.39 is 0 Å². The summed E-state index contributed by atoms with van der Waals surface area (Å²) >= 11 is 0. The van der Waals surface area contributed by atoms with Gasteiger partial charge in [-0.05, 0) is 0 Å². The molecule has 0 rings (SSSR count). The first-order valence-corrected chi connectivity index (χ1v) is 5.86. The van der Waals surface area contributed by atoms with Crippen LogP contribution in [0.4, 0.5) is 0 Å². The summed E-state index contributed by atoms with van der Waals surface area (Å²) in [6, 6.07) is 0. The molecular formula is C5H14O2P+. The van der Waals surface area contributed by atoms with Gasteiger partial charge in [0.1, 0.15) is 0 Å². The van der Waals surface area contributed by atoms with Crippen LogP contribution >= 0.6 is 7.26 Å². The lowest BCUT2D eigenvalue weighted by molar-refractivity contribution is -0.122. The fraction of sp³-hybridized carbons (Fsp3) is 0.800. The molecule has 0 aromatic heterocycles. The molecule has 0 atom stereocenters. The predicted molar refractivity (Wildman–Crippen MR) is 39.3 cm³/mol. The van der Waals surface area contributed by atoms with Crippen molar-refractivity contribution in [2.45, 2.75) is 0 Å². The molecule has 0 radical (unpaired) electrons. The third-order valence-corrected chi connectivity index (χ3v) is 0. The van der Waals surface area contributed by atoms with E-state index in [4.69, 9.17) is 9.90 Å². The zero-order valence-corrected chi connectivity index (χ0v) is 6.77. The average molecular weight is 137 g/mol. The fourth-order valence-corrected chi connectivity index (χ4v) is 0. The molecule has 0 saturated carbocycles. The summed E-state index contributed by atoms with van der Waals surface area (Å²) in [5.74, 6) is 0. The van der Waals surface area contributed by atoms with E-state index in [0.717, 1.165) is 0 Å².